The highest BCUT2D eigenvalue weighted by Gasteiger charge is 2.23. The normalized spacial score (nSPS) is 17.4. The predicted octanol–water partition coefficient (Wildman–Crippen LogP) is 2.39. The second-order valence-corrected chi connectivity index (χ2v) is 6.43. The zero-order chi connectivity index (χ0) is 17.4. The van der Waals surface area contributed by atoms with Crippen molar-refractivity contribution in [3.05, 3.63) is 29.8 Å². The highest BCUT2D eigenvalue weighted by atomic mass is 16.5. The first kappa shape index (κ1) is 18.3. The summed E-state index contributed by atoms with van der Waals surface area (Å²) in [5.74, 6) is 1.43. The number of carbonyl (C=O) groups excluding carboxylic acids is 2. The van der Waals surface area contributed by atoms with Crippen LogP contribution in [0.2, 0.25) is 0 Å². The van der Waals surface area contributed by atoms with Gasteiger partial charge in [-0.15, -0.1) is 0 Å². The summed E-state index contributed by atoms with van der Waals surface area (Å²) in [5.41, 5.74) is 0.999. The summed E-state index contributed by atoms with van der Waals surface area (Å²) in [6.45, 7) is 4.22. The first-order valence-electron chi connectivity index (χ1n) is 8.79. The number of nitrogens with zero attached hydrogens (tertiary/aromatic N) is 1. The maximum absolute atomic E-state index is 12.5. The number of carbonyl (C=O) groups is 2. The zero-order valence-corrected chi connectivity index (χ0v) is 14.7. The van der Waals surface area contributed by atoms with Crippen LogP contribution in [0.5, 0.6) is 5.75 Å². The standard InChI is InChI=1S/C19H28N2O3/c1-3-5-18(22)20-13-16-6-4-11-21(14-16)19(23)12-15-7-9-17(24-2)10-8-15/h7-10,16H,3-6,11-14H2,1-2H3,(H,20,22)/t16-/m1/s1. The minimum absolute atomic E-state index is 0.110. The van der Waals surface area contributed by atoms with Crippen LogP contribution in [-0.2, 0) is 16.0 Å². The smallest absolute Gasteiger partial charge is 0.226 e. The van der Waals surface area contributed by atoms with Crippen LogP contribution in [0, 0.1) is 5.92 Å². The largest absolute Gasteiger partial charge is 0.497 e. The Kier molecular flexibility index (Phi) is 7.09. The van der Waals surface area contributed by atoms with Crippen LogP contribution in [0.1, 0.15) is 38.2 Å². The van der Waals surface area contributed by atoms with Crippen molar-refractivity contribution in [2.45, 2.75) is 39.0 Å². The molecule has 2 amide bonds. The number of nitrogens with one attached hydrogen (secondary N) is 1. The van der Waals surface area contributed by atoms with E-state index in [1.54, 1.807) is 7.11 Å². The molecule has 1 heterocycles. The van der Waals surface area contributed by atoms with E-state index in [9.17, 15) is 9.59 Å². The molecule has 2 rings (SSSR count). The monoisotopic (exact) mass is 332 g/mol. The van der Waals surface area contributed by atoms with Gasteiger partial charge in [-0.2, -0.15) is 0 Å². The Hall–Kier alpha value is -2.04. The van der Waals surface area contributed by atoms with Gasteiger partial charge in [0.25, 0.3) is 0 Å². The van der Waals surface area contributed by atoms with Crippen LogP contribution in [0.3, 0.4) is 0 Å². The molecule has 132 valence electrons. The van der Waals surface area contributed by atoms with Crippen molar-refractivity contribution in [3.8, 4) is 5.75 Å². The van der Waals surface area contributed by atoms with Crippen molar-refractivity contribution >= 4 is 11.8 Å². The number of rotatable bonds is 7. The van der Waals surface area contributed by atoms with Gasteiger partial charge < -0.3 is 15.0 Å². The fourth-order valence-electron chi connectivity index (χ4n) is 3.06. The summed E-state index contributed by atoms with van der Waals surface area (Å²) in [6.07, 6.45) is 3.93. The van der Waals surface area contributed by atoms with Crippen LogP contribution in [0.15, 0.2) is 24.3 Å². The van der Waals surface area contributed by atoms with Crippen molar-refractivity contribution in [1.29, 1.82) is 0 Å². The number of benzene rings is 1. The lowest BCUT2D eigenvalue weighted by Gasteiger charge is -2.33. The number of ether oxygens (including phenoxy) is 1. The highest BCUT2D eigenvalue weighted by Crippen LogP contribution is 2.18. The van der Waals surface area contributed by atoms with Gasteiger partial charge >= 0.3 is 0 Å². The molecular weight excluding hydrogens is 304 g/mol. The van der Waals surface area contributed by atoms with Crippen molar-refractivity contribution in [3.63, 3.8) is 0 Å². The number of methoxy groups -OCH3 is 1. The molecule has 1 aliphatic heterocycles. The molecule has 5 nitrogen and oxygen atoms in total. The summed E-state index contributed by atoms with van der Waals surface area (Å²) in [4.78, 5) is 26.0. The Balaban J connectivity index is 1.81. The van der Waals surface area contributed by atoms with Crippen LogP contribution in [-0.4, -0.2) is 43.5 Å². The maximum atomic E-state index is 12.5. The number of likely N-dealkylation sites (tertiary alicyclic amines) is 1. The van der Waals surface area contributed by atoms with E-state index in [1.165, 1.54) is 0 Å². The first-order valence-corrected chi connectivity index (χ1v) is 8.79. The Morgan fingerprint density at radius 1 is 1.29 bits per heavy atom. The summed E-state index contributed by atoms with van der Waals surface area (Å²) in [5, 5.41) is 2.98. The first-order chi connectivity index (χ1) is 11.6. The van der Waals surface area contributed by atoms with Crippen LogP contribution in [0.4, 0.5) is 0 Å². The molecule has 0 unspecified atom stereocenters. The minimum atomic E-state index is 0.110. The van der Waals surface area contributed by atoms with Gasteiger partial charge in [-0.1, -0.05) is 19.1 Å². The molecule has 1 aliphatic rings. The Morgan fingerprint density at radius 3 is 2.71 bits per heavy atom. The lowest BCUT2D eigenvalue weighted by Crippen LogP contribution is -2.44. The molecular formula is C19H28N2O3. The average Bonchev–Trinajstić information content (AvgIpc) is 2.61. The lowest BCUT2D eigenvalue weighted by molar-refractivity contribution is -0.132. The molecule has 1 aromatic rings. The molecule has 24 heavy (non-hydrogen) atoms. The van der Waals surface area contributed by atoms with E-state index < -0.39 is 0 Å². The predicted molar refractivity (Wildman–Crippen MR) is 93.9 cm³/mol. The summed E-state index contributed by atoms with van der Waals surface area (Å²) in [7, 11) is 1.63. The Bertz CT molecular complexity index is 542. The molecule has 1 atom stereocenters. The molecule has 1 saturated heterocycles. The van der Waals surface area contributed by atoms with E-state index in [0.29, 0.717) is 25.3 Å². The fraction of sp³-hybridized carbons (Fsp3) is 0.579. The molecule has 0 aromatic heterocycles. The zero-order valence-electron chi connectivity index (χ0n) is 14.7. The maximum Gasteiger partial charge on any atom is 0.226 e. The molecule has 0 bridgehead atoms. The van der Waals surface area contributed by atoms with Gasteiger partial charge in [0.1, 0.15) is 5.75 Å². The molecule has 5 heteroatoms. The summed E-state index contributed by atoms with van der Waals surface area (Å²) in [6, 6.07) is 7.63. The van der Waals surface area contributed by atoms with Crippen molar-refractivity contribution in [1.82, 2.24) is 10.2 Å². The number of amides is 2. The summed E-state index contributed by atoms with van der Waals surface area (Å²) >= 11 is 0. The third-order valence-electron chi connectivity index (χ3n) is 4.45. The molecule has 0 saturated carbocycles. The van der Waals surface area contributed by atoms with Gasteiger partial charge in [-0.25, -0.2) is 0 Å². The number of hydrogen-bond donors (Lipinski definition) is 1. The molecule has 0 spiro atoms. The van der Waals surface area contributed by atoms with Gasteiger partial charge in [0.15, 0.2) is 0 Å². The SMILES string of the molecule is CCCC(=O)NC[C@H]1CCCN(C(=O)Cc2ccc(OC)cc2)C1. The van der Waals surface area contributed by atoms with Gasteiger partial charge in [-0.05, 0) is 42.9 Å². The van der Waals surface area contributed by atoms with Gasteiger partial charge in [0.05, 0.1) is 13.5 Å². The van der Waals surface area contributed by atoms with Crippen molar-refractivity contribution in [2.75, 3.05) is 26.7 Å². The lowest BCUT2D eigenvalue weighted by atomic mass is 9.97. The minimum Gasteiger partial charge on any atom is -0.497 e. The topological polar surface area (TPSA) is 58.6 Å². The van der Waals surface area contributed by atoms with Gasteiger partial charge in [0.2, 0.25) is 11.8 Å². The number of piperidine rings is 1. The van der Waals surface area contributed by atoms with E-state index >= 15 is 0 Å². The van der Waals surface area contributed by atoms with E-state index in [1.807, 2.05) is 36.1 Å². The van der Waals surface area contributed by atoms with E-state index in [-0.39, 0.29) is 11.8 Å². The number of hydrogen-bond acceptors (Lipinski definition) is 3. The Morgan fingerprint density at radius 2 is 2.04 bits per heavy atom. The van der Waals surface area contributed by atoms with Gasteiger partial charge in [-0.3, -0.25) is 9.59 Å². The van der Waals surface area contributed by atoms with E-state index in [2.05, 4.69) is 5.32 Å². The molecule has 0 radical (unpaired) electrons. The van der Waals surface area contributed by atoms with Crippen LogP contribution in [0.25, 0.3) is 0 Å². The molecule has 1 aromatic carbocycles. The van der Waals surface area contributed by atoms with Crippen LogP contribution < -0.4 is 10.1 Å². The third-order valence-corrected chi connectivity index (χ3v) is 4.45. The molecule has 0 aliphatic carbocycles. The second-order valence-electron chi connectivity index (χ2n) is 6.43. The molecule has 1 N–H and O–H groups in total. The highest BCUT2D eigenvalue weighted by molar-refractivity contribution is 5.79. The van der Waals surface area contributed by atoms with E-state index in [4.69, 9.17) is 4.74 Å². The van der Waals surface area contributed by atoms with Crippen LogP contribution >= 0.6 is 0 Å². The quantitative estimate of drug-likeness (QED) is 0.834. The summed E-state index contributed by atoms with van der Waals surface area (Å²) < 4.78 is 5.14. The fourth-order valence-corrected chi connectivity index (χ4v) is 3.06. The molecule has 1 fully saturated rings. The second kappa shape index (κ2) is 9.30. The van der Waals surface area contributed by atoms with Gasteiger partial charge in [0, 0.05) is 26.1 Å². The average molecular weight is 332 g/mol. The van der Waals surface area contributed by atoms with Crippen molar-refractivity contribution < 1.29 is 14.3 Å². The van der Waals surface area contributed by atoms with E-state index in [0.717, 1.165) is 43.7 Å². The Labute approximate surface area is 144 Å². The third kappa shape index (κ3) is 5.55. The van der Waals surface area contributed by atoms with Crippen molar-refractivity contribution in [2.24, 2.45) is 5.92 Å².